The number of likely N-dealkylation sites (tertiary alicyclic amines) is 1. The molecule has 2 N–H and O–H groups in total. The van der Waals surface area contributed by atoms with Crippen molar-refractivity contribution in [2.45, 2.75) is 38.5 Å². The van der Waals surface area contributed by atoms with Crippen LogP contribution in [0.2, 0.25) is 0 Å². The van der Waals surface area contributed by atoms with Crippen molar-refractivity contribution in [2.75, 3.05) is 13.7 Å². The number of nitrogens with zero attached hydrogens (tertiary/aromatic N) is 3. The number of aromatic nitrogens is 2. The Bertz CT molecular complexity index is 1400. The van der Waals surface area contributed by atoms with Gasteiger partial charge >= 0.3 is 0 Å². The van der Waals surface area contributed by atoms with Crippen molar-refractivity contribution in [3.05, 3.63) is 75.8 Å². The molecule has 37 heavy (non-hydrogen) atoms. The Morgan fingerprint density at radius 2 is 2.05 bits per heavy atom. The zero-order valence-corrected chi connectivity index (χ0v) is 21.9. The van der Waals surface area contributed by atoms with E-state index < -0.39 is 17.7 Å². The third kappa shape index (κ3) is 4.57. The van der Waals surface area contributed by atoms with Crippen LogP contribution in [0.3, 0.4) is 0 Å². The van der Waals surface area contributed by atoms with Crippen molar-refractivity contribution < 1.29 is 29.3 Å². The number of hydrogen-bond acceptors (Lipinski definition) is 7. The number of Topliss-reactive ketones (excluding diaryl/α,β-unsaturated/α-hetero) is 1. The molecule has 9 nitrogen and oxygen atoms in total. The highest BCUT2D eigenvalue weighted by molar-refractivity contribution is 9.10. The number of phenols is 1. The number of aliphatic hydroxyl groups is 1. The molecule has 0 bridgehead atoms. The molecule has 0 unspecified atom stereocenters. The van der Waals surface area contributed by atoms with Gasteiger partial charge in [0.25, 0.3) is 11.7 Å². The predicted octanol–water partition coefficient (Wildman–Crippen LogP) is 4.20. The molecule has 0 aliphatic carbocycles. The lowest BCUT2D eigenvalue weighted by molar-refractivity contribution is -0.139. The van der Waals surface area contributed by atoms with Crippen LogP contribution in [0.15, 0.2) is 59.1 Å². The minimum atomic E-state index is -0.878. The fraction of sp³-hybridized carbons (Fsp3) is 0.296. The van der Waals surface area contributed by atoms with Gasteiger partial charge in [-0.2, -0.15) is 0 Å². The first-order chi connectivity index (χ1) is 17.8. The van der Waals surface area contributed by atoms with Gasteiger partial charge in [-0.1, -0.05) is 0 Å². The maximum absolute atomic E-state index is 13.4. The highest BCUT2D eigenvalue weighted by atomic mass is 79.9. The number of aromatic hydroxyl groups is 1. The quantitative estimate of drug-likeness (QED) is 0.250. The van der Waals surface area contributed by atoms with Crippen molar-refractivity contribution in [3.63, 3.8) is 0 Å². The second-order valence-electron chi connectivity index (χ2n) is 9.16. The molecule has 1 amide bonds. The predicted molar refractivity (Wildman–Crippen MR) is 138 cm³/mol. The van der Waals surface area contributed by atoms with Crippen LogP contribution in [0.5, 0.6) is 17.2 Å². The Kier molecular flexibility index (Phi) is 6.68. The Morgan fingerprint density at radius 1 is 1.24 bits per heavy atom. The molecule has 0 radical (unpaired) electrons. The van der Waals surface area contributed by atoms with Crippen LogP contribution >= 0.6 is 15.9 Å². The van der Waals surface area contributed by atoms with E-state index in [2.05, 4.69) is 20.9 Å². The number of halogens is 1. The van der Waals surface area contributed by atoms with E-state index in [4.69, 9.17) is 9.47 Å². The number of phenolic OH excluding ortho intramolecular Hbond substituents is 1. The molecule has 2 atom stereocenters. The lowest BCUT2D eigenvalue weighted by Crippen LogP contribution is -2.31. The number of amides is 1. The molecule has 1 saturated heterocycles. The molecule has 5 rings (SSSR count). The molecule has 1 fully saturated rings. The lowest BCUT2D eigenvalue weighted by Gasteiger charge is -2.26. The number of fused-ring (bicyclic) bond motifs is 1. The first-order valence-electron chi connectivity index (χ1n) is 11.9. The van der Waals surface area contributed by atoms with Gasteiger partial charge in [-0.25, -0.2) is 4.98 Å². The Balaban J connectivity index is 1.59. The van der Waals surface area contributed by atoms with E-state index in [1.165, 1.54) is 12.0 Å². The molecule has 192 valence electrons. The molecular formula is C27H26BrN3O6. The topological polar surface area (TPSA) is 114 Å². The summed E-state index contributed by atoms with van der Waals surface area (Å²) in [6.07, 6.45) is 6.46. The summed E-state index contributed by atoms with van der Waals surface area (Å²) in [6.45, 7) is 2.83. The number of ketones is 1. The number of aryl methyl sites for hydroxylation is 1. The zero-order chi connectivity index (χ0) is 26.3. The SMILES string of the molecule is COc1cc([C@H]2C(=C(O)c3ccc4c(c3)C[C@H](C)O4)C(=O)C(=O)N2CCCn2ccnc2)cc(Br)c1O. The van der Waals surface area contributed by atoms with Crippen LogP contribution in [0.4, 0.5) is 0 Å². The maximum Gasteiger partial charge on any atom is 0.295 e. The molecule has 0 saturated carbocycles. The van der Waals surface area contributed by atoms with Gasteiger partial charge in [-0.3, -0.25) is 9.59 Å². The van der Waals surface area contributed by atoms with Gasteiger partial charge in [0.15, 0.2) is 11.5 Å². The first-order valence-corrected chi connectivity index (χ1v) is 12.7. The summed E-state index contributed by atoms with van der Waals surface area (Å²) in [5.41, 5.74) is 1.86. The number of hydrogen-bond donors (Lipinski definition) is 2. The van der Waals surface area contributed by atoms with E-state index in [1.54, 1.807) is 42.9 Å². The lowest BCUT2D eigenvalue weighted by atomic mass is 9.94. The standard InChI is InChI=1S/C27H26BrN3O6/c1-15-10-17-11-16(4-5-20(17)37-15)24(32)22-23(18-12-19(28)25(33)21(13-18)36-2)31(27(35)26(22)34)8-3-7-30-9-6-29-14-30/h4-6,9,11-15,23,32-33H,3,7-8,10H2,1-2H3/t15-,23-/m0/s1. The van der Waals surface area contributed by atoms with E-state index in [1.807, 2.05) is 17.7 Å². The maximum atomic E-state index is 13.4. The fourth-order valence-corrected chi connectivity index (χ4v) is 5.39. The van der Waals surface area contributed by atoms with Crippen LogP contribution in [0, 0.1) is 0 Å². The summed E-state index contributed by atoms with van der Waals surface area (Å²) in [5, 5.41) is 21.8. The van der Waals surface area contributed by atoms with E-state index in [0.29, 0.717) is 35.0 Å². The van der Waals surface area contributed by atoms with Crippen LogP contribution in [0.25, 0.3) is 5.76 Å². The number of rotatable bonds is 7. The van der Waals surface area contributed by atoms with Gasteiger partial charge in [0, 0.05) is 37.5 Å². The van der Waals surface area contributed by atoms with Crippen LogP contribution in [0.1, 0.15) is 36.1 Å². The van der Waals surface area contributed by atoms with Gasteiger partial charge < -0.3 is 29.2 Å². The second kappa shape index (κ2) is 9.93. The van der Waals surface area contributed by atoms with Crippen LogP contribution in [-0.2, 0) is 22.6 Å². The van der Waals surface area contributed by atoms with Crippen molar-refractivity contribution in [1.29, 1.82) is 0 Å². The minimum Gasteiger partial charge on any atom is -0.507 e. The van der Waals surface area contributed by atoms with Crippen molar-refractivity contribution in [1.82, 2.24) is 14.5 Å². The highest BCUT2D eigenvalue weighted by Gasteiger charge is 2.46. The first kappa shape index (κ1) is 24.9. The van der Waals surface area contributed by atoms with Gasteiger partial charge in [0.1, 0.15) is 17.6 Å². The number of carbonyl (C=O) groups excluding carboxylic acids is 2. The third-order valence-corrected chi connectivity index (χ3v) is 7.27. The number of methoxy groups -OCH3 is 1. The second-order valence-corrected chi connectivity index (χ2v) is 10.0. The number of imidazole rings is 1. The molecule has 1 aromatic heterocycles. The summed E-state index contributed by atoms with van der Waals surface area (Å²) >= 11 is 3.33. The molecule has 3 aromatic rings. The van der Waals surface area contributed by atoms with Crippen LogP contribution in [-0.4, -0.2) is 56.1 Å². The summed E-state index contributed by atoms with van der Waals surface area (Å²) < 4.78 is 13.3. The van der Waals surface area contributed by atoms with E-state index in [-0.39, 0.29) is 35.5 Å². The average Bonchev–Trinajstić information content (AvgIpc) is 3.59. The zero-order valence-electron chi connectivity index (χ0n) is 20.3. The fourth-order valence-electron chi connectivity index (χ4n) is 4.93. The summed E-state index contributed by atoms with van der Waals surface area (Å²) in [5.74, 6) is -0.899. The summed E-state index contributed by atoms with van der Waals surface area (Å²) in [7, 11) is 1.42. The van der Waals surface area contributed by atoms with Gasteiger partial charge in [-0.05, 0) is 70.7 Å². The third-order valence-electron chi connectivity index (χ3n) is 6.67. The normalized spacial score (nSPS) is 20.2. The van der Waals surface area contributed by atoms with Crippen LogP contribution < -0.4 is 9.47 Å². The van der Waals surface area contributed by atoms with E-state index in [9.17, 15) is 19.8 Å². The van der Waals surface area contributed by atoms with Crippen molar-refractivity contribution >= 4 is 33.4 Å². The minimum absolute atomic E-state index is 0.0146. The molecule has 2 aliphatic heterocycles. The molecule has 10 heteroatoms. The molecule has 0 spiro atoms. The highest BCUT2D eigenvalue weighted by Crippen LogP contribution is 2.44. The summed E-state index contributed by atoms with van der Waals surface area (Å²) in [6, 6.07) is 7.57. The molecule has 2 aliphatic rings. The number of aliphatic hydroxyl groups excluding tert-OH is 1. The van der Waals surface area contributed by atoms with Gasteiger partial charge in [0.05, 0.1) is 29.5 Å². The Morgan fingerprint density at radius 3 is 2.78 bits per heavy atom. The molecular weight excluding hydrogens is 542 g/mol. The smallest absolute Gasteiger partial charge is 0.295 e. The monoisotopic (exact) mass is 567 g/mol. The number of benzene rings is 2. The van der Waals surface area contributed by atoms with E-state index >= 15 is 0 Å². The molecule has 3 heterocycles. The summed E-state index contributed by atoms with van der Waals surface area (Å²) in [4.78, 5) is 32.1. The van der Waals surface area contributed by atoms with E-state index in [0.717, 1.165) is 11.3 Å². The Labute approximate surface area is 222 Å². The van der Waals surface area contributed by atoms with Crippen molar-refractivity contribution in [2.24, 2.45) is 0 Å². The van der Waals surface area contributed by atoms with Gasteiger partial charge in [0.2, 0.25) is 0 Å². The molecule has 2 aromatic carbocycles. The average molecular weight is 568 g/mol. The van der Waals surface area contributed by atoms with Gasteiger partial charge in [-0.15, -0.1) is 0 Å². The number of carbonyl (C=O) groups is 2. The Hall–Kier alpha value is -3.79. The largest absolute Gasteiger partial charge is 0.507 e. The van der Waals surface area contributed by atoms with Crippen molar-refractivity contribution in [3.8, 4) is 17.2 Å². The number of ether oxygens (including phenoxy) is 2.